The number of hydrogen-bond acceptors (Lipinski definition) is 4. The molecule has 2 heterocycles. The Bertz CT molecular complexity index is 550. The van der Waals surface area contributed by atoms with Gasteiger partial charge in [-0.2, -0.15) is 0 Å². The van der Waals surface area contributed by atoms with Gasteiger partial charge >= 0.3 is 5.97 Å². The standard InChI is InChI=1S/C12H12N2O4S/c15-10-4-8(5-13-10)14-12(18)7-3-9(19-6-7)1-2-11(16)17/h1-3,6,8H,4-5H2,(H,13,15)(H,14,18)(H,16,17)/b2-1+. The minimum atomic E-state index is -1.03. The molecule has 1 unspecified atom stereocenters. The predicted molar refractivity (Wildman–Crippen MR) is 69.9 cm³/mol. The van der Waals surface area contributed by atoms with Gasteiger partial charge in [0.2, 0.25) is 5.91 Å². The van der Waals surface area contributed by atoms with E-state index in [1.807, 2.05) is 0 Å². The number of aliphatic carboxylic acids is 1. The van der Waals surface area contributed by atoms with E-state index >= 15 is 0 Å². The van der Waals surface area contributed by atoms with Gasteiger partial charge in [-0.3, -0.25) is 9.59 Å². The highest BCUT2D eigenvalue weighted by Gasteiger charge is 2.23. The monoisotopic (exact) mass is 280 g/mol. The molecule has 3 N–H and O–H groups in total. The maximum Gasteiger partial charge on any atom is 0.328 e. The van der Waals surface area contributed by atoms with Crippen LogP contribution in [0.1, 0.15) is 21.7 Å². The lowest BCUT2D eigenvalue weighted by Gasteiger charge is -2.08. The van der Waals surface area contributed by atoms with Crippen LogP contribution in [0.25, 0.3) is 6.08 Å². The summed E-state index contributed by atoms with van der Waals surface area (Å²) in [6.45, 7) is 0.445. The molecule has 0 aliphatic carbocycles. The molecule has 2 rings (SSSR count). The van der Waals surface area contributed by atoms with Gasteiger partial charge in [0.05, 0.1) is 11.6 Å². The van der Waals surface area contributed by atoms with Crippen LogP contribution in [-0.2, 0) is 9.59 Å². The normalized spacial score (nSPS) is 18.5. The van der Waals surface area contributed by atoms with Crippen LogP contribution in [0.4, 0.5) is 0 Å². The van der Waals surface area contributed by atoms with Crippen molar-refractivity contribution >= 4 is 35.2 Å². The van der Waals surface area contributed by atoms with Crippen LogP contribution in [0.15, 0.2) is 17.5 Å². The fourth-order valence-corrected chi connectivity index (χ4v) is 2.47. The van der Waals surface area contributed by atoms with E-state index in [4.69, 9.17) is 5.11 Å². The van der Waals surface area contributed by atoms with Gasteiger partial charge in [0.15, 0.2) is 0 Å². The van der Waals surface area contributed by atoms with Crippen LogP contribution in [0.3, 0.4) is 0 Å². The Kier molecular flexibility index (Phi) is 3.96. The molecule has 1 aliphatic heterocycles. The average Bonchev–Trinajstić information content (AvgIpc) is 2.95. The van der Waals surface area contributed by atoms with E-state index in [1.54, 1.807) is 11.4 Å². The second-order valence-electron chi connectivity index (χ2n) is 4.09. The molecule has 1 aliphatic rings. The molecule has 1 fully saturated rings. The lowest BCUT2D eigenvalue weighted by atomic mass is 10.2. The summed E-state index contributed by atoms with van der Waals surface area (Å²) in [5.41, 5.74) is 0.467. The molecule has 0 spiro atoms. The smallest absolute Gasteiger partial charge is 0.328 e. The third kappa shape index (κ3) is 3.65. The zero-order valence-electron chi connectivity index (χ0n) is 9.88. The number of carbonyl (C=O) groups is 3. The van der Waals surface area contributed by atoms with Gasteiger partial charge in [-0.15, -0.1) is 11.3 Å². The Balaban J connectivity index is 1.96. The first-order valence-corrected chi connectivity index (χ1v) is 6.49. The minimum absolute atomic E-state index is 0.0688. The number of hydrogen-bond donors (Lipinski definition) is 3. The van der Waals surface area contributed by atoms with Gasteiger partial charge in [-0.25, -0.2) is 4.79 Å². The van der Waals surface area contributed by atoms with E-state index in [2.05, 4.69) is 10.6 Å². The number of carboxylic acids is 1. The maximum absolute atomic E-state index is 11.9. The molecule has 19 heavy (non-hydrogen) atoms. The molecule has 0 saturated carbocycles. The second kappa shape index (κ2) is 5.66. The van der Waals surface area contributed by atoms with Crippen molar-refractivity contribution in [2.45, 2.75) is 12.5 Å². The molecular weight excluding hydrogens is 268 g/mol. The van der Waals surface area contributed by atoms with Gasteiger partial charge in [-0.1, -0.05) is 0 Å². The SMILES string of the molecule is O=C(O)/C=C/c1cc(C(=O)NC2CNC(=O)C2)cs1. The van der Waals surface area contributed by atoms with Crippen LogP contribution < -0.4 is 10.6 Å². The first kappa shape index (κ1) is 13.3. The highest BCUT2D eigenvalue weighted by atomic mass is 32.1. The van der Waals surface area contributed by atoms with Crippen molar-refractivity contribution in [1.82, 2.24) is 10.6 Å². The maximum atomic E-state index is 11.9. The van der Waals surface area contributed by atoms with Gasteiger partial charge in [0.1, 0.15) is 0 Å². The topological polar surface area (TPSA) is 95.5 Å². The Labute approximate surface area is 113 Å². The Morgan fingerprint density at radius 1 is 1.53 bits per heavy atom. The van der Waals surface area contributed by atoms with Gasteiger partial charge in [-0.05, 0) is 12.1 Å². The summed E-state index contributed by atoms with van der Waals surface area (Å²) >= 11 is 1.28. The predicted octanol–water partition coefficient (Wildman–Crippen LogP) is 0.464. The minimum Gasteiger partial charge on any atom is -0.478 e. The van der Waals surface area contributed by atoms with Crippen molar-refractivity contribution < 1.29 is 19.5 Å². The Morgan fingerprint density at radius 3 is 2.95 bits per heavy atom. The van der Waals surface area contributed by atoms with E-state index in [9.17, 15) is 14.4 Å². The fraction of sp³-hybridized carbons (Fsp3) is 0.250. The zero-order chi connectivity index (χ0) is 13.8. The summed E-state index contributed by atoms with van der Waals surface area (Å²) in [6.07, 6.45) is 2.75. The van der Waals surface area contributed by atoms with Gasteiger partial charge in [0.25, 0.3) is 5.91 Å². The van der Waals surface area contributed by atoms with Crippen molar-refractivity contribution in [2.24, 2.45) is 0 Å². The van der Waals surface area contributed by atoms with E-state index in [0.717, 1.165) is 6.08 Å². The summed E-state index contributed by atoms with van der Waals surface area (Å²) in [7, 11) is 0. The number of rotatable bonds is 4. The number of nitrogens with one attached hydrogen (secondary N) is 2. The van der Waals surface area contributed by atoms with Crippen molar-refractivity contribution in [3.8, 4) is 0 Å². The van der Waals surface area contributed by atoms with E-state index in [-0.39, 0.29) is 17.9 Å². The number of carboxylic acid groups (broad SMARTS) is 1. The van der Waals surface area contributed by atoms with Gasteiger partial charge in [0, 0.05) is 29.3 Å². The molecule has 0 radical (unpaired) electrons. The zero-order valence-corrected chi connectivity index (χ0v) is 10.7. The lowest BCUT2D eigenvalue weighted by Crippen LogP contribution is -2.35. The quantitative estimate of drug-likeness (QED) is 0.698. The molecule has 1 atom stereocenters. The van der Waals surface area contributed by atoms with Crippen LogP contribution in [0.5, 0.6) is 0 Å². The second-order valence-corrected chi connectivity index (χ2v) is 5.03. The largest absolute Gasteiger partial charge is 0.478 e. The molecule has 7 heteroatoms. The fourth-order valence-electron chi connectivity index (χ4n) is 1.69. The third-order valence-corrected chi connectivity index (χ3v) is 3.48. The van der Waals surface area contributed by atoms with E-state index in [0.29, 0.717) is 23.4 Å². The summed E-state index contributed by atoms with van der Waals surface area (Å²) in [4.78, 5) is 33.9. The highest BCUT2D eigenvalue weighted by molar-refractivity contribution is 7.11. The first-order chi connectivity index (χ1) is 9.04. The Hall–Kier alpha value is -2.15. The first-order valence-electron chi connectivity index (χ1n) is 5.61. The molecule has 1 saturated heterocycles. The van der Waals surface area contributed by atoms with Crippen molar-refractivity contribution in [1.29, 1.82) is 0 Å². The molecule has 100 valence electrons. The van der Waals surface area contributed by atoms with Crippen LogP contribution in [0, 0.1) is 0 Å². The molecule has 0 aromatic carbocycles. The average molecular weight is 280 g/mol. The van der Waals surface area contributed by atoms with Crippen molar-refractivity contribution in [2.75, 3.05) is 6.54 Å². The molecule has 6 nitrogen and oxygen atoms in total. The highest BCUT2D eigenvalue weighted by Crippen LogP contribution is 2.16. The van der Waals surface area contributed by atoms with E-state index in [1.165, 1.54) is 17.4 Å². The lowest BCUT2D eigenvalue weighted by molar-refractivity contribution is -0.131. The van der Waals surface area contributed by atoms with Crippen LogP contribution in [-0.4, -0.2) is 35.5 Å². The summed E-state index contributed by atoms with van der Waals surface area (Å²) in [6, 6.07) is 1.43. The molecule has 0 bridgehead atoms. The van der Waals surface area contributed by atoms with Crippen LogP contribution in [0.2, 0.25) is 0 Å². The number of amides is 2. The Morgan fingerprint density at radius 2 is 2.32 bits per heavy atom. The summed E-state index contributed by atoms with van der Waals surface area (Å²) < 4.78 is 0. The number of carbonyl (C=O) groups excluding carboxylic acids is 2. The third-order valence-electron chi connectivity index (χ3n) is 2.58. The molecular formula is C12H12N2O4S. The molecule has 2 amide bonds. The van der Waals surface area contributed by atoms with E-state index < -0.39 is 5.97 Å². The van der Waals surface area contributed by atoms with Gasteiger partial charge < -0.3 is 15.7 Å². The van der Waals surface area contributed by atoms with Crippen molar-refractivity contribution in [3.05, 3.63) is 28.0 Å². The summed E-state index contributed by atoms with van der Waals surface area (Å²) in [5.74, 6) is -1.36. The molecule has 1 aromatic rings. The molecule has 1 aromatic heterocycles. The summed E-state index contributed by atoms with van der Waals surface area (Å²) in [5, 5.41) is 15.5. The van der Waals surface area contributed by atoms with Crippen molar-refractivity contribution in [3.63, 3.8) is 0 Å². The van der Waals surface area contributed by atoms with Crippen LogP contribution >= 0.6 is 11.3 Å². The number of thiophene rings is 1.